The van der Waals surface area contributed by atoms with Crippen LogP contribution in [0.15, 0.2) is 121 Å². The number of ether oxygens (including phenoxy) is 7. The minimum absolute atomic E-state index is 0.110. The summed E-state index contributed by atoms with van der Waals surface area (Å²) in [6.45, 7) is 9.21. The summed E-state index contributed by atoms with van der Waals surface area (Å²) in [5.41, 5.74) is -0.273. The van der Waals surface area contributed by atoms with E-state index in [9.17, 15) is 14.7 Å². The highest BCUT2D eigenvalue weighted by molar-refractivity contribution is 5.80. The summed E-state index contributed by atoms with van der Waals surface area (Å²) in [7, 11) is 0. The van der Waals surface area contributed by atoms with Crippen LogP contribution in [-0.4, -0.2) is 89.1 Å². The fourth-order valence-corrected chi connectivity index (χ4v) is 7.16. The maximum absolute atomic E-state index is 13.6. The molecule has 7 atom stereocenters. The molecule has 312 valence electrons. The van der Waals surface area contributed by atoms with E-state index >= 15 is 0 Å². The summed E-state index contributed by atoms with van der Waals surface area (Å²) in [6.07, 6.45) is -6.11. The van der Waals surface area contributed by atoms with Gasteiger partial charge >= 0.3 is 6.09 Å². The number of carbonyl (C=O) groups is 2. The van der Waals surface area contributed by atoms with Gasteiger partial charge in [0.25, 0.3) is 0 Å². The van der Waals surface area contributed by atoms with Crippen LogP contribution in [0.2, 0.25) is 0 Å². The molecule has 11 heteroatoms. The molecule has 0 aliphatic carbocycles. The Labute approximate surface area is 347 Å². The molecule has 0 bridgehead atoms. The fraction of sp³-hybridized carbons (Fsp3) is 0.417. The summed E-state index contributed by atoms with van der Waals surface area (Å²) < 4.78 is 45.0. The molecule has 0 saturated carbocycles. The Morgan fingerprint density at radius 2 is 1.22 bits per heavy atom. The summed E-state index contributed by atoms with van der Waals surface area (Å²) in [5.74, 6) is 5.98. The van der Waals surface area contributed by atoms with Crippen molar-refractivity contribution in [3.05, 3.63) is 144 Å². The lowest BCUT2D eigenvalue weighted by molar-refractivity contribution is -0.261. The Morgan fingerprint density at radius 1 is 0.763 bits per heavy atom. The number of benzene rings is 4. The topological polar surface area (TPSA) is 122 Å². The van der Waals surface area contributed by atoms with Gasteiger partial charge in [-0.2, -0.15) is 0 Å². The molecule has 2 saturated heterocycles. The maximum Gasteiger partial charge on any atom is 0.413 e. The third kappa shape index (κ3) is 11.4. The molecular weight excluding hydrogens is 751 g/mol. The van der Waals surface area contributed by atoms with E-state index in [-0.39, 0.29) is 33.0 Å². The van der Waals surface area contributed by atoms with E-state index in [1.165, 1.54) is 0 Å². The number of aldehydes is 1. The zero-order valence-corrected chi connectivity index (χ0v) is 34.4. The second-order valence-electron chi connectivity index (χ2n) is 16.2. The normalized spacial score (nSPS) is 24.4. The highest BCUT2D eigenvalue weighted by atomic mass is 16.6. The number of aliphatic hydroxyl groups excluding tert-OH is 1. The Morgan fingerprint density at radius 3 is 1.69 bits per heavy atom. The quantitative estimate of drug-likeness (QED) is 0.0991. The number of amides is 1. The van der Waals surface area contributed by atoms with Gasteiger partial charge in [-0.25, -0.2) is 4.79 Å². The van der Waals surface area contributed by atoms with Crippen molar-refractivity contribution in [2.45, 2.75) is 115 Å². The van der Waals surface area contributed by atoms with Gasteiger partial charge in [0.2, 0.25) is 0 Å². The summed E-state index contributed by atoms with van der Waals surface area (Å²) in [6, 6.07) is 39.1. The first-order chi connectivity index (χ1) is 28.4. The molecule has 0 radical (unpaired) electrons. The predicted octanol–water partition coefficient (Wildman–Crippen LogP) is 7.03. The first-order valence-electron chi connectivity index (χ1n) is 19.9. The molecule has 4 aromatic carbocycles. The molecule has 2 heterocycles. The largest absolute Gasteiger partial charge is 0.444 e. The van der Waals surface area contributed by atoms with Crippen LogP contribution in [0.1, 0.15) is 56.9 Å². The van der Waals surface area contributed by atoms with Crippen molar-refractivity contribution in [3.8, 4) is 11.8 Å². The van der Waals surface area contributed by atoms with Crippen LogP contribution >= 0.6 is 0 Å². The number of carbonyl (C=O) groups excluding carboxylic acids is 2. The number of aliphatic hydroxyl groups is 1. The molecule has 4 aromatic rings. The third-order valence-electron chi connectivity index (χ3n) is 10.1. The Hall–Kier alpha value is -4.90. The lowest BCUT2D eigenvalue weighted by Gasteiger charge is -2.45. The third-order valence-corrected chi connectivity index (χ3v) is 10.1. The zero-order chi connectivity index (χ0) is 41.9. The van der Waals surface area contributed by atoms with Crippen molar-refractivity contribution in [1.82, 2.24) is 4.90 Å². The fourth-order valence-electron chi connectivity index (χ4n) is 7.16. The van der Waals surface area contributed by atoms with E-state index in [2.05, 4.69) is 11.8 Å². The van der Waals surface area contributed by atoms with Gasteiger partial charge in [0, 0.05) is 0 Å². The monoisotopic (exact) mass is 805 g/mol. The molecule has 2 aliphatic heterocycles. The van der Waals surface area contributed by atoms with Crippen molar-refractivity contribution in [1.29, 1.82) is 0 Å². The molecule has 1 amide bonds. The van der Waals surface area contributed by atoms with Crippen LogP contribution in [0, 0.1) is 11.8 Å². The van der Waals surface area contributed by atoms with Crippen LogP contribution in [0.3, 0.4) is 0 Å². The Kier molecular flexibility index (Phi) is 14.7. The molecule has 1 unspecified atom stereocenters. The van der Waals surface area contributed by atoms with E-state index in [1.54, 1.807) is 34.6 Å². The van der Waals surface area contributed by atoms with E-state index in [1.807, 2.05) is 121 Å². The zero-order valence-electron chi connectivity index (χ0n) is 34.4. The van der Waals surface area contributed by atoms with Gasteiger partial charge in [0.15, 0.2) is 11.8 Å². The standard InChI is InChI=1S/C48H55NO10/c1-46(2,3)59-45(52)49-47(4,5)57-34-48(49,33-50)41(51)27-26-39-42(54-29-36-20-12-7-13-21-36)44(56-31-38-24-16-9-17-25-38)43(55-30-37-22-14-8-15-23-37)40(58-39)32-53-28-35-18-10-6-11-19-35/h6-25,33,39-44,51H,28-32,34H2,1-5H3/t39-,40+,41?,42+,43+,44+,48+/m0/s1. The van der Waals surface area contributed by atoms with E-state index in [4.69, 9.17) is 33.2 Å². The Balaban J connectivity index is 1.38. The number of rotatable bonds is 15. The van der Waals surface area contributed by atoms with Crippen LogP contribution in [0.5, 0.6) is 0 Å². The SMILES string of the molecule is CC(C)(C)OC(=O)N1C(C)(C)OC[C@]1(C=O)C(O)C#C[C@@H]1O[C@H](COCc2ccccc2)[C@@H](OCc2ccccc2)[C@H](OCc2ccccc2)[C@@H]1OCc1ccccc1. The molecule has 2 aliphatic rings. The van der Waals surface area contributed by atoms with Gasteiger partial charge in [0.05, 0.1) is 39.6 Å². The number of hydrogen-bond donors (Lipinski definition) is 1. The van der Waals surface area contributed by atoms with Crippen molar-refractivity contribution < 1.29 is 47.9 Å². The van der Waals surface area contributed by atoms with Gasteiger partial charge in [-0.3, -0.25) is 4.90 Å². The van der Waals surface area contributed by atoms with Gasteiger partial charge in [-0.15, -0.1) is 0 Å². The average molecular weight is 806 g/mol. The molecule has 6 rings (SSSR count). The number of nitrogens with zero attached hydrogens (tertiary/aromatic N) is 1. The average Bonchev–Trinajstić information content (AvgIpc) is 3.53. The molecule has 1 N–H and O–H groups in total. The van der Waals surface area contributed by atoms with Crippen LogP contribution in [-0.2, 0) is 64.4 Å². The molecule has 0 aromatic heterocycles. The van der Waals surface area contributed by atoms with Crippen molar-refractivity contribution >= 4 is 12.4 Å². The highest BCUT2D eigenvalue weighted by Gasteiger charge is 2.59. The second-order valence-corrected chi connectivity index (χ2v) is 16.2. The lowest BCUT2D eigenvalue weighted by atomic mass is 9.91. The highest BCUT2D eigenvalue weighted by Crippen LogP contribution is 2.38. The first-order valence-corrected chi connectivity index (χ1v) is 19.9. The molecule has 59 heavy (non-hydrogen) atoms. The minimum atomic E-state index is -1.89. The molecular formula is C48H55NO10. The van der Waals surface area contributed by atoms with Gasteiger partial charge in [-0.05, 0) is 56.9 Å². The number of hydrogen-bond acceptors (Lipinski definition) is 10. The van der Waals surface area contributed by atoms with Gasteiger partial charge in [0.1, 0.15) is 47.9 Å². The van der Waals surface area contributed by atoms with Crippen molar-refractivity contribution in [2.75, 3.05) is 13.2 Å². The molecule has 11 nitrogen and oxygen atoms in total. The molecule has 2 fully saturated rings. The Bertz CT molecular complexity index is 1980. The van der Waals surface area contributed by atoms with Gasteiger partial charge in [-0.1, -0.05) is 133 Å². The second kappa shape index (κ2) is 19.9. The van der Waals surface area contributed by atoms with Crippen LogP contribution in [0.25, 0.3) is 0 Å². The lowest BCUT2D eigenvalue weighted by Crippen LogP contribution is -2.63. The maximum atomic E-state index is 13.6. The summed E-state index contributed by atoms with van der Waals surface area (Å²) >= 11 is 0. The summed E-state index contributed by atoms with van der Waals surface area (Å²) in [4.78, 5) is 27.8. The smallest absolute Gasteiger partial charge is 0.413 e. The molecule has 0 spiro atoms. The van der Waals surface area contributed by atoms with Crippen LogP contribution in [0.4, 0.5) is 4.79 Å². The van der Waals surface area contributed by atoms with Crippen molar-refractivity contribution in [2.24, 2.45) is 0 Å². The van der Waals surface area contributed by atoms with Crippen molar-refractivity contribution in [3.63, 3.8) is 0 Å². The van der Waals surface area contributed by atoms with E-state index < -0.39 is 59.6 Å². The summed E-state index contributed by atoms with van der Waals surface area (Å²) in [5, 5.41) is 11.9. The van der Waals surface area contributed by atoms with E-state index in [0.717, 1.165) is 27.2 Å². The minimum Gasteiger partial charge on any atom is -0.444 e. The first kappa shape index (κ1) is 43.7. The van der Waals surface area contributed by atoms with E-state index in [0.29, 0.717) is 12.9 Å². The van der Waals surface area contributed by atoms with Crippen LogP contribution < -0.4 is 0 Å². The predicted molar refractivity (Wildman–Crippen MR) is 220 cm³/mol. The van der Waals surface area contributed by atoms with Gasteiger partial charge < -0.3 is 43.1 Å².